The van der Waals surface area contributed by atoms with Crippen molar-refractivity contribution in [3.8, 4) is 11.4 Å². The Morgan fingerprint density at radius 3 is 3.00 bits per heavy atom. The minimum absolute atomic E-state index is 0.325. The molecule has 1 aromatic carbocycles. The fourth-order valence-electron chi connectivity index (χ4n) is 2.94. The third kappa shape index (κ3) is 2.52. The zero-order valence-corrected chi connectivity index (χ0v) is 13.1. The van der Waals surface area contributed by atoms with Gasteiger partial charge in [0, 0.05) is 16.0 Å². The molecule has 0 amide bonds. The number of nitrogens with zero attached hydrogens (tertiary/aromatic N) is 2. The van der Waals surface area contributed by atoms with E-state index in [0.717, 1.165) is 28.8 Å². The maximum absolute atomic E-state index is 5.82. The topological polar surface area (TPSA) is 64.9 Å². The van der Waals surface area contributed by atoms with Crippen LogP contribution in [0.4, 0.5) is 0 Å². The molecular weight excluding hydrogens is 318 g/mol. The second-order valence-corrected chi connectivity index (χ2v) is 6.33. The molecule has 2 atom stereocenters. The number of aryl methyl sites for hydroxylation is 1. The lowest BCUT2D eigenvalue weighted by atomic mass is 9.96. The molecule has 1 saturated carbocycles. The fourth-order valence-corrected chi connectivity index (χ4v) is 3.61. The first kappa shape index (κ1) is 13.8. The summed E-state index contributed by atoms with van der Waals surface area (Å²) in [6, 6.07) is 6.13. The zero-order valence-electron chi connectivity index (χ0n) is 11.5. The third-order valence-corrected chi connectivity index (χ3v) is 4.74. The molecule has 20 heavy (non-hydrogen) atoms. The molecule has 1 aromatic heterocycles. The van der Waals surface area contributed by atoms with Gasteiger partial charge in [0.15, 0.2) is 0 Å². The lowest BCUT2D eigenvalue weighted by Gasteiger charge is -2.12. The van der Waals surface area contributed by atoms with Gasteiger partial charge in [-0.1, -0.05) is 33.6 Å². The average Bonchev–Trinajstić information content (AvgIpc) is 3.06. The van der Waals surface area contributed by atoms with Gasteiger partial charge in [0.25, 0.3) is 0 Å². The van der Waals surface area contributed by atoms with Gasteiger partial charge in [0.2, 0.25) is 11.7 Å². The summed E-state index contributed by atoms with van der Waals surface area (Å²) in [5.41, 5.74) is 7.99. The summed E-state index contributed by atoms with van der Waals surface area (Å²) in [5, 5.41) is 4.13. The first-order valence-electron chi connectivity index (χ1n) is 6.99. The number of rotatable bonds is 3. The maximum Gasteiger partial charge on any atom is 0.230 e. The summed E-state index contributed by atoms with van der Waals surface area (Å²) in [4.78, 5) is 4.59. The highest BCUT2D eigenvalue weighted by atomic mass is 79.9. The highest BCUT2D eigenvalue weighted by Gasteiger charge is 2.32. The van der Waals surface area contributed by atoms with E-state index in [1.165, 1.54) is 12.0 Å². The van der Waals surface area contributed by atoms with Gasteiger partial charge in [0.1, 0.15) is 0 Å². The molecule has 0 saturated heterocycles. The molecule has 1 fully saturated rings. The van der Waals surface area contributed by atoms with Gasteiger partial charge < -0.3 is 10.3 Å². The van der Waals surface area contributed by atoms with Gasteiger partial charge in [-0.05, 0) is 49.9 Å². The first-order chi connectivity index (χ1) is 9.69. The Bertz CT molecular complexity index is 611. The summed E-state index contributed by atoms with van der Waals surface area (Å²) in [7, 11) is 0. The number of benzene rings is 1. The van der Waals surface area contributed by atoms with E-state index in [4.69, 9.17) is 10.3 Å². The number of hydrogen-bond donors (Lipinski definition) is 1. The van der Waals surface area contributed by atoms with Crippen molar-refractivity contribution in [2.45, 2.75) is 32.1 Å². The molecule has 1 aliphatic carbocycles. The van der Waals surface area contributed by atoms with Crippen LogP contribution in [0.2, 0.25) is 0 Å². The quantitative estimate of drug-likeness (QED) is 0.929. The fraction of sp³-hybridized carbons (Fsp3) is 0.467. The third-order valence-electron chi connectivity index (χ3n) is 4.09. The Kier molecular flexibility index (Phi) is 3.89. The smallest absolute Gasteiger partial charge is 0.230 e. The van der Waals surface area contributed by atoms with Crippen molar-refractivity contribution >= 4 is 15.9 Å². The minimum atomic E-state index is 0.325. The molecule has 0 bridgehead atoms. The van der Waals surface area contributed by atoms with Crippen LogP contribution in [-0.2, 0) is 0 Å². The Morgan fingerprint density at radius 2 is 2.25 bits per heavy atom. The molecule has 1 aliphatic rings. The van der Waals surface area contributed by atoms with E-state index in [2.05, 4.69) is 39.1 Å². The SMILES string of the molecule is Cc1ccc(-c2noc(C3CCCC3CN)n2)c(Br)c1. The van der Waals surface area contributed by atoms with Crippen LogP contribution in [0.15, 0.2) is 27.2 Å². The molecule has 0 aliphatic heterocycles. The van der Waals surface area contributed by atoms with E-state index >= 15 is 0 Å². The van der Waals surface area contributed by atoms with Crippen molar-refractivity contribution < 1.29 is 4.52 Å². The largest absolute Gasteiger partial charge is 0.339 e. The molecule has 2 aromatic rings. The first-order valence-corrected chi connectivity index (χ1v) is 7.78. The van der Waals surface area contributed by atoms with Crippen molar-refractivity contribution in [1.29, 1.82) is 0 Å². The Labute approximate surface area is 126 Å². The summed E-state index contributed by atoms with van der Waals surface area (Å²) in [6.07, 6.45) is 3.45. The molecule has 106 valence electrons. The molecule has 4 nitrogen and oxygen atoms in total. The molecule has 2 unspecified atom stereocenters. The monoisotopic (exact) mass is 335 g/mol. The second-order valence-electron chi connectivity index (χ2n) is 5.47. The predicted octanol–water partition coefficient (Wildman–Crippen LogP) is 3.65. The van der Waals surface area contributed by atoms with Crippen LogP contribution in [0.1, 0.15) is 36.6 Å². The van der Waals surface area contributed by atoms with Crippen LogP contribution in [0.3, 0.4) is 0 Å². The number of nitrogens with two attached hydrogens (primary N) is 1. The van der Waals surface area contributed by atoms with E-state index in [-0.39, 0.29) is 0 Å². The van der Waals surface area contributed by atoms with Crippen LogP contribution >= 0.6 is 15.9 Å². The maximum atomic E-state index is 5.82. The number of aromatic nitrogens is 2. The Morgan fingerprint density at radius 1 is 1.40 bits per heavy atom. The molecule has 0 radical (unpaired) electrons. The van der Waals surface area contributed by atoms with Gasteiger partial charge in [-0.25, -0.2) is 0 Å². The van der Waals surface area contributed by atoms with Crippen molar-refractivity contribution in [2.75, 3.05) is 6.54 Å². The van der Waals surface area contributed by atoms with E-state index in [1.807, 2.05) is 12.1 Å². The normalized spacial score (nSPS) is 22.4. The van der Waals surface area contributed by atoms with Crippen LogP contribution in [0.25, 0.3) is 11.4 Å². The van der Waals surface area contributed by atoms with Gasteiger partial charge in [-0.15, -0.1) is 0 Å². The summed E-state index contributed by atoms with van der Waals surface area (Å²) < 4.78 is 6.48. The standard InChI is InChI=1S/C15H18BrN3O/c1-9-5-6-12(13(16)7-9)14-18-15(20-19-14)11-4-2-3-10(11)8-17/h5-7,10-11H,2-4,8,17H2,1H3. The number of hydrogen-bond acceptors (Lipinski definition) is 4. The van der Waals surface area contributed by atoms with Crippen LogP contribution in [0, 0.1) is 12.8 Å². The van der Waals surface area contributed by atoms with E-state index in [9.17, 15) is 0 Å². The number of halogens is 1. The van der Waals surface area contributed by atoms with Gasteiger partial charge in [0.05, 0.1) is 0 Å². The van der Waals surface area contributed by atoms with Crippen LogP contribution < -0.4 is 5.73 Å². The Balaban J connectivity index is 1.90. The second kappa shape index (κ2) is 5.66. The van der Waals surface area contributed by atoms with E-state index < -0.39 is 0 Å². The van der Waals surface area contributed by atoms with Crippen molar-refractivity contribution in [3.05, 3.63) is 34.1 Å². The summed E-state index contributed by atoms with van der Waals surface area (Å²) in [6.45, 7) is 2.75. The molecule has 3 rings (SSSR count). The van der Waals surface area contributed by atoms with Crippen LogP contribution in [-0.4, -0.2) is 16.7 Å². The van der Waals surface area contributed by atoms with Gasteiger partial charge in [-0.2, -0.15) is 4.98 Å². The van der Waals surface area contributed by atoms with Crippen molar-refractivity contribution in [3.63, 3.8) is 0 Å². The molecule has 1 heterocycles. The minimum Gasteiger partial charge on any atom is -0.339 e. The van der Waals surface area contributed by atoms with E-state index in [1.54, 1.807) is 0 Å². The van der Waals surface area contributed by atoms with Crippen LogP contribution in [0.5, 0.6) is 0 Å². The molecular formula is C15H18BrN3O. The van der Waals surface area contributed by atoms with Gasteiger partial charge in [-0.3, -0.25) is 0 Å². The molecule has 0 spiro atoms. The highest BCUT2D eigenvalue weighted by Crippen LogP contribution is 2.39. The summed E-state index contributed by atoms with van der Waals surface area (Å²) >= 11 is 3.56. The van der Waals surface area contributed by atoms with Crippen molar-refractivity contribution in [2.24, 2.45) is 11.7 Å². The Hall–Kier alpha value is -1.20. The average molecular weight is 336 g/mol. The lowest BCUT2D eigenvalue weighted by Crippen LogP contribution is -2.17. The van der Waals surface area contributed by atoms with Gasteiger partial charge >= 0.3 is 0 Å². The highest BCUT2D eigenvalue weighted by molar-refractivity contribution is 9.10. The van der Waals surface area contributed by atoms with Crippen molar-refractivity contribution in [1.82, 2.24) is 10.1 Å². The van der Waals surface area contributed by atoms with E-state index in [0.29, 0.717) is 24.2 Å². The lowest BCUT2D eigenvalue weighted by molar-refractivity contribution is 0.326. The predicted molar refractivity (Wildman–Crippen MR) is 81.3 cm³/mol. The summed E-state index contributed by atoms with van der Waals surface area (Å²) in [5.74, 6) is 2.19. The zero-order chi connectivity index (χ0) is 14.1. The molecule has 5 heteroatoms. The molecule has 2 N–H and O–H groups in total.